The number of benzene rings is 3. The van der Waals surface area contributed by atoms with Crippen molar-refractivity contribution in [1.82, 2.24) is 46.8 Å². The third-order valence-electron chi connectivity index (χ3n) is 19.3. The lowest BCUT2D eigenvalue weighted by Crippen LogP contribution is -2.52. The summed E-state index contributed by atoms with van der Waals surface area (Å²) in [5.41, 5.74) is 1.19. The molecule has 0 unspecified atom stereocenters. The van der Waals surface area contributed by atoms with Crippen LogP contribution in [0.15, 0.2) is 71.5 Å². The average Bonchev–Trinajstić information content (AvgIpc) is 1.31. The summed E-state index contributed by atoms with van der Waals surface area (Å²) in [4.78, 5) is 152. The topological polar surface area (TPSA) is 415 Å². The fraction of sp³-hybridized carbons (Fsp3) is 0.513. The first-order valence-corrected chi connectivity index (χ1v) is 37.7. The summed E-state index contributed by atoms with van der Waals surface area (Å²) in [5.74, 6) is -9.66. The highest BCUT2D eigenvalue weighted by molar-refractivity contribution is 6.28. The Balaban J connectivity index is 0.627. The van der Waals surface area contributed by atoms with Crippen molar-refractivity contribution >= 4 is 75.7 Å². The van der Waals surface area contributed by atoms with Crippen molar-refractivity contribution < 1.29 is 114 Å². The number of aliphatic hydroxyl groups is 1. The molecule has 2 aromatic heterocycles. The van der Waals surface area contributed by atoms with Gasteiger partial charge in [-0.2, -0.15) is 0 Å². The van der Waals surface area contributed by atoms with Crippen molar-refractivity contribution in [1.29, 1.82) is 0 Å². The van der Waals surface area contributed by atoms with Gasteiger partial charge >= 0.3 is 5.97 Å². The van der Waals surface area contributed by atoms with Crippen LogP contribution in [0.25, 0.3) is 22.3 Å². The summed E-state index contributed by atoms with van der Waals surface area (Å²) >= 11 is 0. The van der Waals surface area contributed by atoms with E-state index >= 15 is 8.78 Å². The van der Waals surface area contributed by atoms with Crippen LogP contribution >= 0.6 is 0 Å². The number of pyridine rings is 2. The summed E-state index contributed by atoms with van der Waals surface area (Å²) in [6.07, 6.45) is 3.59. The van der Waals surface area contributed by atoms with Crippen LogP contribution in [0.4, 0.5) is 14.5 Å². The number of methoxy groups -OCH3 is 1. The van der Waals surface area contributed by atoms with Crippen molar-refractivity contribution in [3.8, 4) is 17.1 Å². The van der Waals surface area contributed by atoms with Crippen LogP contribution in [-0.2, 0) is 129 Å². The SMILES string of the molecule is CC[C@@]1(O)C(=O)OCc2c1cc1n(c2=O)Cc2c-1nc1cc(F)c3c(c1c2[C@H](C)NC(=O)[C@H](OCNC(=O)CNC(=O)[C@H](Cc1ccccc1)NC(=O)CNC(=O)CNC(=O)CCCOc1c(F)cc(N2C(=O)C=CC2=O)cc1C(=O)NCCOCCOCCOCCOCCOCCOCCOCCOC)C1CC1)CCC3. The number of rotatable bonds is 49. The Labute approximate surface area is 649 Å². The lowest BCUT2D eigenvalue weighted by molar-refractivity contribution is -0.172. The maximum absolute atomic E-state index is 15.8. The summed E-state index contributed by atoms with van der Waals surface area (Å²) in [6, 6.07) is 11.5. The molecule has 1 saturated carbocycles. The van der Waals surface area contributed by atoms with Crippen LogP contribution in [0.3, 0.4) is 0 Å². The summed E-state index contributed by atoms with van der Waals surface area (Å²) in [6.45, 7) is 5.97. The molecule has 35 heteroatoms. The summed E-state index contributed by atoms with van der Waals surface area (Å²) in [7, 11) is 1.61. The Morgan fingerprint density at radius 3 is 1.89 bits per heavy atom. The zero-order valence-corrected chi connectivity index (χ0v) is 63.3. The number of halogens is 2. The molecule has 33 nitrogen and oxygen atoms in total. The van der Waals surface area contributed by atoms with E-state index in [0.29, 0.717) is 161 Å². The number of hydrogen-bond acceptors (Lipinski definition) is 24. The molecule has 5 aliphatic rings. The molecule has 610 valence electrons. The third-order valence-corrected chi connectivity index (χ3v) is 19.3. The highest BCUT2D eigenvalue weighted by Crippen LogP contribution is 2.45. The molecule has 9 amide bonds. The van der Waals surface area contributed by atoms with E-state index in [4.69, 9.17) is 57.1 Å². The van der Waals surface area contributed by atoms with E-state index in [9.17, 15) is 57.8 Å². The van der Waals surface area contributed by atoms with Crippen LogP contribution < -0.4 is 52.4 Å². The van der Waals surface area contributed by atoms with Gasteiger partial charge in [0.25, 0.3) is 23.3 Å². The molecule has 2 aliphatic carbocycles. The number of cyclic esters (lactones) is 1. The Bertz CT molecular complexity index is 4330. The Kier molecular flexibility index (Phi) is 31.8. The number of esters is 1. The molecule has 0 bridgehead atoms. The van der Waals surface area contributed by atoms with E-state index in [1.54, 1.807) is 57.4 Å². The fourth-order valence-electron chi connectivity index (χ4n) is 13.4. The number of anilines is 1. The number of nitrogens with one attached hydrogen (secondary N) is 7. The molecular weight excluding hydrogens is 1480 g/mol. The van der Waals surface area contributed by atoms with Gasteiger partial charge in [-0.1, -0.05) is 37.3 Å². The van der Waals surface area contributed by atoms with Gasteiger partial charge in [-0.25, -0.2) is 23.5 Å². The highest BCUT2D eigenvalue weighted by atomic mass is 19.1. The van der Waals surface area contributed by atoms with Crippen molar-refractivity contribution in [2.75, 3.05) is 151 Å². The number of carbonyl (C=O) groups is 10. The summed E-state index contributed by atoms with van der Waals surface area (Å²) < 4.78 is 93.3. The minimum absolute atomic E-state index is 0.0213. The molecule has 3 aliphatic heterocycles. The first kappa shape index (κ1) is 85.3. The number of hydrogen-bond donors (Lipinski definition) is 8. The Morgan fingerprint density at radius 1 is 0.655 bits per heavy atom. The van der Waals surface area contributed by atoms with Crippen LogP contribution in [0, 0.1) is 17.6 Å². The standard InChI is InChI=1S/C78H96F2N10O23/c1-4-78(102)56-39-61-70-54(44-89(61)76(100)55(56)45-112-77(78)101)68(69-52-13-8-12-51(52)57(79)40-59(69)88-70)47(2)86-75(99)71(49-15-16-49)113-46-85-64(93)42-84-74(98)60(36-48-10-6-5-7-11-48)87-65(94)43-83-63(92)41-82-62(91)14-9-20-111-72-53(37-50(38-58(72)80)90-66(95)17-18-67(90)96)73(97)81-19-21-104-24-25-106-28-29-108-32-33-110-35-34-109-31-30-107-27-26-105-23-22-103-3/h5-7,10-11,17-18,37-40,47,49,60,71,102H,4,8-9,12-16,19-36,41-46H2,1-3H3,(H,81,97)(H,82,91)(H,83,92)(H,84,98)(H,85,93)(H,86,99)(H,87,94)/t47-,60-,71+,78-/m0/s1. The number of fused-ring (bicyclic) bond motifs is 7. The van der Waals surface area contributed by atoms with Gasteiger partial charge in [0, 0.05) is 67.3 Å². The monoisotopic (exact) mass is 1580 g/mol. The largest absolute Gasteiger partial charge is 0.490 e. The Hall–Kier alpha value is -10.1. The predicted octanol–water partition coefficient (Wildman–Crippen LogP) is 1.75. The molecule has 0 saturated heterocycles. The molecule has 1 fully saturated rings. The molecule has 113 heavy (non-hydrogen) atoms. The van der Waals surface area contributed by atoms with Gasteiger partial charge in [0.05, 0.1) is 172 Å². The number of nitrogens with zero attached hydrogens (tertiary/aromatic N) is 3. The second-order valence-corrected chi connectivity index (χ2v) is 27.1. The van der Waals surface area contributed by atoms with Crippen molar-refractivity contribution in [2.45, 2.75) is 109 Å². The second-order valence-electron chi connectivity index (χ2n) is 27.1. The van der Waals surface area contributed by atoms with Crippen LogP contribution in [0.2, 0.25) is 0 Å². The number of carbonyl (C=O) groups excluding carboxylic acids is 10. The van der Waals surface area contributed by atoms with Gasteiger partial charge in [0.2, 0.25) is 35.4 Å². The average molecular weight is 1580 g/mol. The van der Waals surface area contributed by atoms with Gasteiger partial charge in [-0.15, -0.1) is 0 Å². The minimum atomic E-state index is -2.08. The van der Waals surface area contributed by atoms with Gasteiger partial charge < -0.3 is 99.0 Å². The minimum Gasteiger partial charge on any atom is -0.490 e. The van der Waals surface area contributed by atoms with E-state index < -0.39 is 132 Å². The van der Waals surface area contributed by atoms with E-state index in [1.165, 1.54) is 10.6 Å². The van der Waals surface area contributed by atoms with Gasteiger partial charge in [0.15, 0.2) is 17.2 Å². The number of ether oxygens (including phenoxy) is 11. The maximum atomic E-state index is 15.8. The zero-order valence-electron chi connectivity index (χ0n) is 63.3. The highest BCUT2D eigenvalue weighted by Gasteiger charge is 2.46. The molecule has 4 atom stereocenters. The van der Waals surface area contributed by atoms with Gasteiger partial charge in [0.1, 0.15) is 31.3 Å². The van der Waals surface area contributed by atoms with Crippen LogP contribution in [0.1, 0.15) is 108 Å². The molecule has 5 heterocycles. The molecule has 8 N–H and O–H groups in total. The Morgan fingerprint density at radius 2 is 1.26 bits per heavy atom. The molecule has 0 spiro atoms. The smallest absolute Gasteiger partial charge is 0.343 e. The van der Waals surface area contributed by atoms with Crippen LogP contribution in [-0.4, -0.2) is 232 Å². The molecule has 0 radical (unpaired) electrons. The first-order chi connectivity index (χ1) is 54.7. The van der Waals surface area contributed by atoms with E-state index in [1.807, 2.05) is 0 Å². The van der Waals surface area contributed by atoms with Crippen molar-refractivity contribution in [3.05, 3.63) is 133 Å². The molecule has 3 aromatic carbocycles. The lowest BCUT2D eigenvalue weighted by Gasteiger charge is -2.31. The number of aryl methyl sites for hydroxylation is 1. The van der Waals surface area contributed by atoms with Gasteiger partial charge in [-0.3, -0.25) is 47.9 Å². The van der Waals surface area contributed by atoms with Crippen molar-refractivity contribution in [3.63, 3.8) is 0 Å². The summed E-state index contributed by atoms with van der Waals surface area (Å²) in [5, 5.41) is 30.3. The quantitative estimate of drug-likeness (QED) is 0.0117. The molecular formula is C78H96F2N10O23. The predicted molar refractivity (Wildman–Crippen MR) is 397 cm³/mol. The van der Waals surface area contributed by atoms with E-state index in [-0.39, 0.29) is 100 Å². The number of amides is 9. The van der Waals surface area contributed by atoms with E-state index in [0.717, 1.165) is 29.8 Å². The van der Waals surface area contributed by atoms with E-state index in [2.05, 4.69) is 37.2 Å². The van der Waals surface area contributed by atoms with Crippen molar-refractivity contribution in [2.24, 2.45) is 5.92 Å². The normalized spacial score (nSPS) is 16.0. The maximum Gasteiger partial charge on any atom is 0.343 e. The molecule has 5 aromatic rings. The lowest BCUT2D eigenvalue weighted by atomic mass is 9.86. The zero-order chi connectivity index (χ0) is 80.4. The number of aromatic nitrogens is 2. The second kappa shape index (κ2) is 42.2. The molecule has 10 rings (SSSR count). The fourth-order valence-corrected chi connectivity index (χ4v) is 13.4. The van der Waals surface area contributed by atoms with Gasteiger partial charge in [-0.05, 0) is 92.2 Å². The number of imide groups is 1. The van der Waals surface area contributed by atoms with Crippen LogP contribution in [0.5, 0.6) is 5.75 Å². The third kappa shape index (κ3) is 23.1. The first-order valence-electron chi connectivity index (χ1n) is 37.7.